The van der Waals surface area contributed by atoms with Crippen molar-refractivity contribution in [2.24, 2.45) is 18.0 Å². The van der Waals surface area contributed by atoms with Crippen LogP contribution in [-0.2, 0) is 18.3 Å². The van der Waals surface area contributed by atoms with E-state index in [-0.39, 0.29) is 0 Å². The maximum absolute atomic E-state index is 5.59. The first-order chi connectivity index (χ1) is 10.5. The second kappa shape index (κ2) is 9.46. The van der Waals surface area contributed by atoms with Crippen molar-refractivity contribution in [3.05, 3.63) is 17.0 Å². The van der Waals surface area contributed by atoms with Gasteiger partial charge in [-0.05, 0) is 26.2 Å². The van der Waals surface area contributed by atoms with E-state index >= 15 is 0 Å². The minimum atomic E-state index is 0.688. The Hall–Kier alpha value is -1.56. The Morgan fingerprint density at radius 2 is 2.00 bits per heavy atom. The van der Waals surface area contributed by atoms with Crippen LogP contribution >= 0.6 is 0 Å². The summed E-state index contributed by atoms with van der Waals surface area (Å²) in [6.07, 6.45) is 1.10. The number of rotatable bonds is 8. The van der Waals surface area contributed by atoms with Crippen LogP contribution in [0.15, 0.2) is 4.99 Å². The molecule has 1 aromatic rings. The van der Waals surface area contributed by atoms with Crippen LogP contribution in [0.3, 0.4) is 0 Å². The summed E-state index contributed by atoms with van der Waals surface area (Å²) < 4.78 is 7.49. The van der Waals surface area contributed by atoms with Gasteiger partial charge < -0.3 is 15.4 Å². The SMILES string of the molecule is CN=C(NCCOCCC(C)C)NCc1c(C)nn(C)c1C. The summed E-state index contributed by atoms with van der Waals surface area (Å²) in [5.74, 6) is 1.48. The Labute approximate surface area is 134 Å². The summed E-state index contributed by atoms with van der Waals surface area (Å²) >= 11 is 0. The molecule has 1 rings (SSSR count). The summed E-state index contributed by atoms with van der Waals surface area (Å²) in [7, 11) is 3.74. The highest BCUT2D eigenvalue weighted by Gasteiger charge is 2.09. The van der Waals surface area contributed by atoms with Crippen molar-refractivity contribution < 1.29 is 4.74 Å². The zero-order valence-corrected chi connectivity index (χ0v) is 14.9. The summed E-state index contributed by atoms with van der Waals surface area (Å²) in [6.45, 7) is 11.5. The lowest BCUT2D eigenvalue weighted by atomic mass is 10.1. The van der Waals surface area contributed by atoms with Crippen LogP contribution in [0, 0.1) is 19.8 Å². The molecule has 0 saturated heterocycles. The van der Waals surface area contributed by atoms with Gasteiger partial charge in [0.05, 0.1) is 12.3 Å². The molecule has 0 aliphatic carbocycles. The number of guanidine groups is 1. The maximum atomic E-state index is 5.59. The van der Waals surface area contributed by atoms with E-state index in [1.54, 1.807) is 7.05 Å². The van der Waals surface area contributed by atoms with Crippen LogP contribution in [0.2, 0.25) is 0 Å². The number of hydrogen-bond acceptors (Lipinski definition) is 3. The molecule has 0 saturated carbocycles. The molecule has 0 radical (unpaired) electrons. The summed E-state index contributed by atoms with van der Waals surface area (Å²) in [4.78, 5) is 4.23. The molecular weight excluding hydrogens is 278 g/mol. The number of aromatic nitrogens is 2. The van der Waals surface area contributed by atoms with E-state index in [9.17, 15) is 0 Å². The normalized spacial score (nSPS) is 12.0. The Morgan fingerprint density at radius 3 is 2.55 bits per heavy atom. The summed E-state index contributed by atoms with van der Waals surface area (Å²) in [5, 5.41) is 11.0. The largest absolute Gasteiger partial charge is 0.380 e. The van der Waals surface area contributed by atoms with Crippen LogP contribution in [-0.4, -0.2) is 42.5 Å². The monoisotopic (exact) mass is 309 g/mol. The van der Waals surface area contributed by atoms with Gasteiger partial charge in [0.15, 0.2) is 5.96 Å². The molecule has 1 heterocycles. The van der Waals surface area contributed by atoms with Gasteiger partial charge in [0.1, 0.15) is 0 Å². The van der Waals surface area contributed by atoms with E-state index < -0.39 is 0 Å². The molecule has 0 aliphatic heterocycles. The van der Waals surface area contributed by atoms with Gasteiger partial charge in [-0.3, -0.25) is 9.67 Å². The molecule has 22 heavy (non-hydrogen) atoms. The number of ether oxygens (including phenoxy) is 1. The minimum Gasteiger partial charge on any atom is -0.380 e. The molecule has 0 aromatic carbocycles. The number of aryl methyl sites for hydroxylation is 2. The molecule has 6 heteroatoms. The van der Waals surface area contributed by atoms with Gasteiger partial charge >= 0.3 is 0 Å². The third-order valence-electron chi connectivity index (χ3n) is 3.69. The van der Waals surface area contributed by atoms with Crippen molar-refractivity contribution in [2.75, 3.05) is 26.8 Å². The molecule has 2 N–H and O–H groups in total. The predicted octanol–water partition coefficient (Wildman–Crippen LogP) is 1.76. The fraction of sp³-hybridized carbons (Fsp3) is 0.750. The quantitative estimate of drug-likeness (QED) is 0.436. The molecule has 0 bridgehead atoms. The Morgan fingerprint density at radius 1 is 1.27 bits per heavy atom. The standard InChI is InChI=1S/C16H31N5O/c1-12(2)7-9-22-10-8-18-16(17-5)19-11-15-13(3)20-21(6)14(15)4/h12H,7-11H2,1-6H3,(H2,17,18,19). The minimum absolute atomic E-state index is 0.688. The molecule has 0 amide bonds. The number of nitrogens with one attached hydrogen (secondary N) is 2. The van der Waals surface area contributed by atoms with E-state index in [2.05, 4.69) is 41.5 Å². The first-order valence-electron chi connectivity index (χ1n) is 7.97. The number of hydrogen-bond donors (Lipinski definition) is 2. The van der Waals surface area contributed by atoms with Gasteiger partial charge in [-0.25, -0.2) is 0 Å². The Kier molecular flexibility index (Phi) is 7.95. The number of aliphatic imine (C=N–C) groups is 1. The van der Waals surface area contributed by atoms with E-state index in [1.165, 1.54) is 11.3 Å². The van der Waals surface area contributed by atoms with E-state index in [4.69, 9.17) is 4.74 Å². The predicted molar refractivity (Wildman–Crippen MR) is 91.2 cm³/mol. The average molecular weight is 309 g/mol. The smallest absolute Gasteiger partial charge is 0.191 e. The highest BCUT2D eigenvalue weighted by molar-refractivity contribution is 5.79. The highest BCUT2D eigenvalue weighted by Crippen LogP contribution is 2.10. The van der Waals surface area contributed by atoms with Crippen molar-refractivity contribution in [1.29, 1.82) is 0 Å². The fourth-order valence-corrected chi connectivity index (χ4v) is 2.13. The molecular formula is C16H31N5O. The molecule has 126 valence electrons. The van der Waals surface area contributed by atoms with Crippen molar-refractivity contribution in [3.63, 3.8) is 0 Å². The first kappa shape index (κ1) is 18.5. The van der Waals surface area contributed by atoms with E-state index in [0.717, 1.165) is 37.8 Å². The second-order valence-corrected chi connectivity index (χ2v) is 5.92. The molecule has 0 unspecified atom stereocenters. The fourth-order valence-electron chi connectivity index (χ4n) is 2.13. The van der Waals surface area contributed by atoms with Crippen molar-refractivity contribution in [1.82, 2.24) is 20.4 Å². The summed E-state index contributed by atoms with van der Waals surface area (Å²) in [6, 6.07) is 0. The van der Waals surface area contributed by atoms with Crippen LogP contribution < -0.4 is 10.6 Å². The lowest BCUT2D eigenvalue weighted by Crippen LogP contribution is -2.38. The van der Waals surface area contributed by atoms with Crippen LogP contribution in [0.25, 0.3) is 0 Å². The van der Waals surface area contributed by atoms with Gasteiger partial charge in [-0.2, -0.15) is 5.10 Å². The lowest BCUT2D eigenvalue weighted by Gasteiger charge is -2.12. The van der Waals surface area contributed by atoms with Crippen molar-refractivity contribution >= 4 is 5.96 Å². The van der Waals surface area contributed by atoms with E-state index in [1.807, 2.05) is 18.7 Å². The Balaban J connectivity index is 2.28. The summed E-state index contributed by atoms with van der Waals surface area (Å²) in [5.41, 5.74) is 3.45. The van der Waals surface area contributed by atoms with Gasteiger partial charge in [-0.1, -0.05) is 13.8 Å². The van der Waals surface area contributed by atoms with Crippen LogP contribution in [0.5, 0.6) is 0 Å². The van der Waals surface area contributed by atoms with Crippen molar-refractivity contribution in [2.45, 2.75) is 40.7 Å². The van der Waals surface area contributed by atoms with Gasteiger partial charge in [0.25, 0.3) is 0 Å². The molecule has 0 aliphatic rings. The van der Waals surface area contributed by atoms with Gasteiger partial charge in [-0.15, -0.1) is 0 Å². The molecule has 0 spiro atoms. The highest BCUT2D eigenvalue weighted by atomic mass is 16.5. The molecule has 6 nitrogen and oxygen atoms in total. The van der Waals surface area contributed by atoms with Gasteiger partial charge in [0, 0.05) is 45.0 Å². The van der Waals surface area contributed by atoms with Crippen LogP contribution in [0.4, 0.5) is 0 Å². The molecule has 1 aromatic heterocycles. The molecule has 0 atom stereocenters. The first-order valence-corrected chi connectivity index (χ1v) is 7.97. The average Bonchev–Trinajstić information content (AvgIpc) is 2.71. The maximum Gasteiger partial charge on any atom is 0.191 e. The van der Waals surface area contributed by atoms with E-state index in [0.29, 0.717) is 12.5 Å². The van der Waals surface area contributed by atoms with Crippen LogP contribution in [0.1, 0.15) is 37.2 Å². The Bertz CT molecular complexity index is 479. The topological polar surface area (TPSA) is 63.5 Å². The lowest BCUT2D eigenvalue weighted by molar-refractivity contribution is 0.128. The number of nitrogens with zero attached hydrogens (tertiary/aromatic N) is 3. The van der Waals surface area contributed by atoms with Gasteiger partial charge in [0.2, 0.25) is 0 Å². The zero-order chi connectivity index (χ0) is 16.5. The third kappa shape index (κ3) is 6.05. The third-order valence-corrected chi connectivity index (χ3v) is 3.69. The zero-order valence-electron chi connectivity index (χ0n) is 14.9. The van der Waals surface area contributed by atoms with Crippen molar-refractivity contribution in [3.8, 4) is 0 Å². The molecule has 0 fully saturated rings. The second-order valence-electron chi connectivity index (χ2n) is 5.92.